The molecule has 7 heteroatoms. The number of rotatable bonds is 6. The largest absolute Gasteiger partial charge is 0.361 e. The van der Waals surface area contributed by atoms with Crippen molar-refractivity contribution in [3.8, 4) is 0 Å². The molecule has 0 atom stereocenters. The van der Waals surface area contributed by atoms with Crippen LogP contribution in [0.25, 0.3) is 10.9 Å². The van der Waals surface area contributed by atoms with Gasteiger partial charge < -0.3 is 4.98 Å². The minimum atomic E-state index is -3.50. The first-order chi connectivity index (χ1) is 11.7. The van der Waals surface area contributed by atoms with E-state index >= 15 is 0 Å². The lowest BCUT2D eigenvalue weighted by Crippen LogP contribution is -2.36. The van der Waals surface area contributed by atoms with Crippen LogP contribution < -0.4 is 4.72 Å². The normalized spacial score (nSPS) is 12.8. The van der Waals surface area contributed by atoms with Crippen LogP contribution in [0.5, 0.6) is 0 Å². The number of hydrogen-bond donors (Lipinski definition) is 2. The Kier molecular flexibility index (Phi) is 4.99. The molecule has 0 radical (unpaired) electrons. The number of benzene rings is 1. The van der Waals surface area contributed by atoms with Crippen molar-refractivity contribution in [2.45, 2.75) is 36.8 Å². The monoisotopic (exact) mass is 396 g/mol. The van der Waals surface area contributed by atoms with Gasteiger partial charge in [-0.15, -0.1) is 11.3 Å². The molecule has 0 saturated carbocycles. The topological polar surface area (TPSA) is 62.0 Å². The first-order valence-corrected chi connectivity index (χ1v) is 10.8. The molecule has 0 bridgehead atoms. The summed E-state index contributed by atoms with van der Waals surface area (Å²) in [5.74, 6) is 0. The van der Waals surface area contributed by atoms with Gasteiger partial charge in [0.25, 0.3) is 0 Å². The van der Waals surface area contributed by atoms with Crippen LogP contribution in [-0.4, -0.2) is 19.9 Å². The SMILES string of the molecule is CCc1ccc(S(=O)(=O)NCC(C)(C)c2c[nH]c3cc(Cl)ccc23)s1. The van der Waals surface area contributed by atoms with Gasteiger partial charge in [0, 0.05) is 39.0 Å². The van der Waals surface area contributed by atoms with Gasteiger partial charge in [-0.3, -0.25) is 0 Å². The molecule has 4 nitrogen and oxygen atoms in total. The number of aromatic nitrogens is 1. The number of sulfonamides is 1. The van der Waals surface area contributed by atoms with E-state index in [0.29, 0.717) is 15.8 Å². The van der Waals surface area contributed by atoms with Gasteiger partial charge in [0.2, 0.25) is 10.0 Å². The maximum atomic E-state index is 12.6. The minimum absolute atomic E-state index is 0.310. The van der Waals surface area contributed by atoms with Crippen molar-refractivity contribution in [1.82, 2.24) is 9.71 Å². The summed E-state index contributed by atoms with van der Waals surface area (Å²) in [5, 5.41) is 1.72. The molecule has 0 amide bonds. The Balaban J connectivity index is 1.83. The van der Waals surface area contributed by atoms with Crippen molar-refractivity contribution >= 4 is 43.9 Å². The number of aromatic amines is 1. The van der Waals surface area contributed by atoms with E-state index in [1.807, 2.05) is 51.2 Å². The predicted molar refractivity (Wildman–Crippen MR) is 105 cm³/mol. The van der Waals surface area contributed by atoms with E-state index in [4.69, 9.17) is 11.6 Å². The van der Waals surface area contributed by atoms with E-state index in [1.165, 1.54) is 11.3 Å². The summed E-state index contributed by atoms with van der Waals surface area (Å²) in [4.78, 5) is 4.28. The zero-order chi connectivity index (χ0) is 18.2. The third-order valence-electron chi connectivity index (χ3n) is 4.33. The fourth-order valence-corrected chi connectivity index (χ4v) is 5.52. The van der Waals surface area contributed by atoms with Crippen molar-refractivity contribution in [3.05, 3.63) is 52.0 Å². The van der Waals surface area contributed by atoms with Crippen LogP contribution >= 0.6 is 22.9 Å². The number of nitrogens with one attached hydrogen (secondary N) is 2. The summed E-state index contributed by atoms with van der Waals surface area (Å²) in [6.45, 7) is 6.38. The number of halogens is 1. The van der Waals surface area contributed by atoms with Gasteiger partial charge in [-0.2, -0.15) is 0 Å². The lowest BCUT2D eigenvalue weighted by Gasteiger charge is -2.24. The fourth-order valence-electron chi connectivity index (χ4n) is 2.79. The molecule has 3 rings (SSSR count). The van der Waals surface area contributed by atoms with Crippen LogP contribution in [0.1, 0.15) is 31.2 Å². The highest BCUT2D eigenvalue weighted by atomic mass is 35.5. The first-order valence-electron chi connectivity index (χ1n) is 8.08. The van der Waals surface area contributed by atoms with Gasteiger partial charge >= 0.3 is 0 Å². The Bertz CT molecular complexity index is 1000. The Morgan fingerprint density at radius 1 is 1.24 bits per heavy atom. The highest BCUT2D eigenvalue weighted by molar-refractivity contribution is 7.91. The molecular weight excluding hydrogens is 376 g/mol. The molecule has 0 saturated heterocycles. The van der Waals surface area contributed by atoms with E-state index in [1.54, 1.807) is 6.07 Å². The summed E-state index contributed by atoms with van der Waals surface area (Å²) < 4.78 is 28.2. The number of H-pyrrole nitrogens is 1. The molecule has 0 aliphatic heterocycles. The molecule has 2 aromatic heterocycles. The molecule has 2 N–H and O–H groups in total. The maximum absolute atomic E-state index is 12.6. The summed E-state index contributed by atoms with van der Waals surface area (Å²) in [5.41, 5.74) is 1.64. The van der Waals surface area contributed by atoms with Gasteiger partial charge in [-0.25, -0.2) is 13.1 Å². The maximum Gasteiger partial charge on any atom is 0.250 e. The lowest BCUT2D eigenvalue weighted by atomic mass is 9.85. The fraction of sp³-hybridized carbons (Fsp3) is 0.333. The van der Waals surface area contributed by atoms with E-state index in [9.17, 15) is 8.42 Å². The van der Waals surface area contributed by atoms with Crippen LogP contribution in [0.4, 0.5) is 0 Å². The zero-order valence-electron chi connectivity index (χ0n) is 14.4. The number of hydrogen-bond acceptors (Lipinski definition) is 3. The predicted octanol–water partition coefficient (Wildman–Crippen LogP) is 4.70. The quantitative estimate of drug-likeness (QED) is 0.634. The third-order valence-corrected chi connectivity index (χ3v) is 7.69. The van der Waals surface area contributed by atoms with Crippen molar-refractivity contribution in [2.24, 2.45) is 0 Å². The Labute approximate surface area is 157 Å². The molecule has 0 aliphatic carbocycles. The van der Waals surface area contributed by atoms with Gasteiger partial charge in [0.15, 0.2) is 0 Å². The Morgan fingerprint density at radius 3 is 2.68 bits per heavy atom. The molecule has 0 fully saturated rings. The standard InChI is InChI=1S/C18H21ClN2O2S2/c1-4-13-6-8-17(24-13)25(22,23)21-11-18(2,3)15-10-20-16-9-12(19)5-7-14(15)16/h5-10,20-21H,4,11H2,1-3H3. The van der Waals surface area contributed by atoms with Crippen LogP contribution in [0.15, 0.2) is 40.7 Å². The lowest BCUT2D eigenvalue weighted by molar-refractivity contribution is 0.505. The van der Waals surface area contributed by atoms with E-state index < -0.39 is 10.0 Å². The van der Waals surface area contributed by atoms with E-state index in [2.05, 4.69) is 9.71 Å². The van der Waals surface area contributed by atoms with Crippen LogP contribution in [-0.2, 0) is 21.9 Å². The second-order valence-corrected chi connectivity index (χ2v) is 10.3. The van der Waals surface area contributed by atoms with Gasteiger partial charge in [0.1, 0.15) is 4.21 Å². The number of fused-ring (bicyclic) bond motifs is 1. The Hall–Kier alpha value is -1.34. The van der Waals surface area contributed by atoms with Crippen LogP contribution in [0.2, 0.25) is 5.02 Å². The van der Waals surface area contributed by atoms with Crippen molar-refractivity contribution in [3.63, 3.8) is 0 Å². The molecule has 1 aromatic carbocycles. The average molecular weight is 397 g/mol. The van der Waals surface area contributed by atoms with Gasteiger partial charge in [-0.1, -0.05) is 38.4 Å². The van der Waals surface area contributed by atoms with Gasteiger partial charge in [0.05, 0.1) is 0 Å². The smallest absolute Gasteiger partial charge is 0.250 e. The van der Waals surface area contributed by atoms with Crippen molar-refractivity contribution < 1.29 is 8.42 Å². The van der Waals surface area contributed by atoms with Crippen molar-refractivity contribution in [1.29, 1.82) is 0 Å². The Morgan fingerprint density at radius 2 is 2.00 bits per heavy atom. The molecule has 0 spiro atoms. The molecule has 0 unspecified atom stereocenters. The third kappa shape index (κ3) is 3.77. The number of thiophene rings is 1. The second kappa shape index (κ2) is 6.76. The zero-order valence-corrected chi connectivity index (χ0v) is 16.8. The second-order valence-electron chi connectivity index (χ2n) is 6.67. The van der Waals surface area contributed by atoms with E-state index in [-0.39, 0.29) is 5.41 Å². The summed E-state index contributed by atoms with van der Waals surface area (Å²) in [7, 11) is -3.50. The molecule has 3 aromatic rings. The minimum Gasteiger partial charge on any atom is -0.361 e. The molecular formula is C18H21ClN2O2S2. The van der Waals surface area contributed by atoms with Crippen molar-refractivity contribution in [2.75, 3.05) is 6.54 Å². The highest BCUT2D eigenvalue weighted by Crippen LogP contribution is 2.32. The highest BCUT2D eigenvalue weighted by Gasteiger charge is 2.27. The average Bonchev–Trinajstić information content (AvgIpc) is 3.20. The summed E-state index contributed by atoms with van der Waals surface area (Å²) >= 11 is 7.36. The molecule has 2 heterocycles. The van der Waals surface area contributed by atoms with E-state index in [0.717, 1.165) is 27.8 Å². The molecule has 134 valence electrons. The number of aryl methyl sites for hydroxylation is 1. The van der Waals surface area contributed by atoms with Crippen LogP contribution in [0, 0.1) is 0 Å². The van der Waals surface area contributed by atoms with Crippen LogP contribution in [0.3, 0.4) is 0 Å². The first kappa shape index (κ1) is 18.5. The summed E-state index contributed by atoms with van der Waals surface area (Å²) in [6.07, 6.45) is 2.76. The molecule has 0 aliphatic rings. The summed E-state index contributed by atoms with van der Waals surface area (Å²) in [6, 6.07) is 9.23. The molecule has 25 heavy (non-hydrogen) atoms. The van der Waals surface area contributed by atoms with Gasteiger partial charge in [-0.05, 0) is 36.2 Å².